The van der Waals surface area contributed by atoms with Crippen LogP contribution >= 0.6 is 0 Å². The lowest BCUT2D eigenvalue weighted by Crippen LogP contribution is -2.45. The van der Waals surface area contributed by atoms with Crippen molar-refractivity contribution in [3.63, 3.8) is 0 Å². The van der Waals surface area contributed by atoms with Crippen LogP contribution in [0.15, 0.2) is 0 Å². The first-order valence-corrected chi connectivity index (χ1v) is 11.0. The number of aliphatic hydroxyl groups is 5. The van der Waals surface area contributed by atoms with Gasteiger partial charge in [0.15, 0.2) is 0 Å². The Labute approximate surface area is 215 Å². The SMILES string of the molecule is CC(=O)O.CC(=O)O.CC(=O)O.CC(=O)O.CCOC(=O)C(CCO)(CCO)CC(O)(CCO)CCO. The second kappa shape index (κ2) is 27.7. The molecule has 0 saturated heterocycles. The molecule has 0 bridgehead atoms. The summed E-state index contributed by atoms with van der Waals surface area (Å²) in [5, 5.41) is 76.8. The van der Waals surface area contributed by atoms with Crippen LogP contribution in [0.25, 0.3) is 0 Å². The fourth-order valence-corrected chi connectivity index (χ4v) is 2.64. The number of aliphatic hydroxyl groups excluding tert-OH is 4. The van der Waals surface area contributed by atoms with Gasteiger partial charge in [-0.2, -0.15) is 0 Å². The molecule has 0 aliphatic heterocycles. The molecule has 15 nitrogen and oxygen atoms in total. The van der Waals surface area contributed by atoms with Crippen molar-refractivity contribution in [2.75, 3.05) is 33.0 Å². The molecule has 0 atom stereocenters. The molecule has 15 heteroatoms. The van der Waals surface area contributed by atoms with Gasteiger partial charge in [0.25, 0.3) is 23.9 Å². The molecule has 0 radical (unpaired) electrons. The molecule has 0 aliphatic rings. The minimum Gasteiger partial charge on any atom is -0.481 e. The monoisotopic (exact) mass is 548 g/mol. The van der Waals surface area contributed by atoms with E-state index in [4.69, 9.17) is 54.6 Å². The van der Waals surface area contributed by atoms with Crippen LogP contribution in [0.4, 0.5) is 0 Å². The number of carboxylic acids is 4. The summed E-state index contributed by atoms with van der Waals surface area (Å²) in [6, 6.07) is 0. The van der Waals surface area contributed by atoms with Crippen LogP contribution in [0.5, 0.6) is 0 Å². The lowest BCUT2D eigenvalue weighted by atomic mass is 9.71. The zero-order valence-corrected chi connectivity index (χ0v) is 22.0. The van der Waals surface area contributed by atoms with E-state index in [0.29, 0.717) is 0 Å². The van der Waals surface area contributed by atoms with Crippen molar-refractivity contribution in [2.24, 2.45) is 5.41 Å². The van der Waals surface area contributed by atoms with E-state index in [9.17, 15) is 20.1 Å². The predicted octanol–water partition coefficient (Wildman–Crippen LogP) is -0.450. The van der Waals surface area contributed by atoms with Crippen molar-refractivity contribution in [3.8, 4) is 0 Å². The highest BCUT2D eigenvalue weighted by Gasteiger charge is 2.45. The highest BCUT2D eigenvalue weighted by molar-refractivity contribution is 5.77. The summed E-state index contributed by atoms with van der Waals surface area (Å²) in [6.45, 7) is 4.94. The molecule has 0 unspecified atom stereocenters. The summed E-state index contributed by atoms with van der Waals surface area (Å²) < 4.78 is 5.02. The highest BCUT2D eigenvalue weighted by Crippen LogP contribution is 2.39. The van der Waals surface area contributed by atoms with Crippen LogP contribution in [0, 0.1) is 5.41 Å². The third-order valence-corrected chi connectivity index (χ3v) is 3.71. The summed E-state index contributed by atoms with van der Waals surface area (Å²) in [5.41, 5.74) is -2.70. The Kier molecular flexibility index (Phi) is 33.1. The van der Waals surface area contributed by atoms with Crippen LogP contribution in [0.1, 0.15) is 66.7 Å². The Balaban J connectivity index is -0.000000172. The van der Waals surface area contributed by atoms with E-state index in [2.05, 4.69) is 0 Å². The van der Waals surface area contributed by atoms with Crippen molar-refractivity contribution in [3.05, 3.63) is 0 Å². The summed E-state index contributed by atoms with van der Waals surface area (Å²) in [4.78, 5) is 48.3. The average molecular weight is 549 g/mol. The van der Waals surface area contributed by atoms with Gasteiger partial charge in [-0.25, -0.2) is 0 Å². The number of aliphatic carboxylic acids is 4. The maximum Gasteiger partial charge on any atom is 0.312 e. The molecule has 0 saturated carbocycles. The second-order valence-corrected chi connectivity index (χ2v) is 7.37. The molecule has 0 spiro atoms. The summed E-state index contributed by atoms with van der Waals surface area (Å²) in [5.74, 6) is -3.93. The molecule has 37 heavy (non-hydrogen) atoms. The number of carbonyl (C=O) groups is 5. The Bertz CT molecular complexity index is 543. The molecule has 0 heterocycles. The maximum atomic E-state index is 12.3. The Hall–Kier alpha value is -2.85. The number of esters is 1. The molecule has 0 amide bonds. The minimum absolute atomic E-state index is 0.00836. The molecule has 0 aromatic carbocycles. The lowest BCUT2D eigenvalue weighted by molar-refractivity contribution is -0.164. The van der Waals surface area contributed by atoms with E-state index in [1.165, 1.54) is 0 Å². The number of hydrogen-bond acceptors (Lipinski definition) is 11. The average Bonchev–Trinajstić information content (AvgIpc) is 2.67. The van der Waals surface area contributed by atoms with E-state index in [1.807, 2.05) is 0 Å². The van der Waals surface area contributed by atoms with E-state index in [-0.39, 0.29) is 65.1 Å². The predicted molar refractivity (Wildman–Crippen MR) is 129 cm³/mol. The first-order chi connectivity index (χ1) is 16.9. The van der Waals surface area contributed by atoms with Crippen molar-refractivity contribution in [2.45, 2.75) is 72.3 Å². The number of rotatable bonds is 12. The van der Waals surface area contributed by atoms with Gasteiger partial charge in [-0.3, -0.25) is 24.0 Å². The fraction of sp³-hybridized carbons (Fsp3) is 0.773. The molecular formula is C22H44O15. The van der Waals surface area contributed by atoms with E-state index < -0.39 is 40.9 Å². The largest absolute Gasteiger partial charge is 0.481 e. The summed E-state index contributed by atoms with van der Waals surface area (Å²) in [7, 11) is 0. The van der Waals surface area contributed by atoms with Crippen LogP contribution in [0.3, 0.4) is 0 Å². The number of ether oxygens (including phenoxy) is 1. The van der Waals surface area contributed by atoms with Gasteiger partial charge in [-0.05, 0) is 39.0 Å². The standard InChI is InChI=1S/C14H28O7.4C2H4O2/c1-2-21-12(19)13(3-7-15,4-8-16)11-14(20,5-9-17)6-10-18;4*1-2(3)4/h15-18,20H,2-11H2,1H3;4*1H3,(H,3,4). The molecule has 0 fully saturated rings. The molecule has 0 aromatic rings. The van der Waals surface area contributed by atoms with E-state index in [0.717, 1.165) is 27.7 Å². The zero-order chi connectivity index (χ0) is 30.7. The van der Waals surface area contributed by atoms with Crippen LogP contribution in [-0.2, 0) is 28.7 Å². The van der Waals surface area contributed by atoms with Gasteiger partial charge >= 0.3 is 5.97 Å². The topological polar surface area (TPSA) is 277 Å². The minimum atomic E-state index is -1.46. The van der Waals surface area contributed by atoms with Gasteiger partial charge in [-0.15, -0.1) is 0 Å². The molecule has 222 valence electrons. The van der Waals surface area contributed by atoms with Gasteiger partial charge in [0.1, 0.15) is 0 Å². The van der Waals surface area contributed by atoms with Crippen molar-refractivity contribution < 1.29 is 74.7 Å². The van der Waals surface area contributed by atoms with Gasteiger partial charge in [-0.1, -0.05) is 0 Å². The molecule has 0 rings (SSSR count). The van der Waals surface area contributed by atoms with E-state index in [1.54, 1.807) is 6.92 Å². The van der Waals surface area contributed by atoms with Gasteiger partial charge < -0.3 is 50.7 Å². The van der Waals surface area contributed by atoms with Crippen molar-refractivity contribution in [1.29, 1.82) is 0 Å². The van der Waals surface area contributed by atoms with Crippen molar-refractivity contribution in [1.82, 2.24) is 0 Å². The molecule has 0 aliphatic carbocycles. The Morgan fingerprint density at radius 1 is 0.595 bits per heavy atom. The quantitative estimate of drug-likeness (QED) is 0.140. The Morgan fingerprint density at radius 2 is 0.838 bits per heavy atom. The third-order valence-electron chi connectivity index (χ3n) is 3.71. The normalized spacial score (nSPS) is 9.78. The third kappa shape index (κ3) is 40.6. The maximum absolute atomic E-state index is 12.3. The Morgan fingerprint density at radius 3 is 1.03 bits per heavy atom. The summed E-state index contributed by atoms with van der Waals surface area (Å²) in [6.07, 6.45) is -0.0463. The number of carboxylic acid groups (broad SMARTS) is 4. The zero-order valence-electron chi connectivity index (χ0n) is 22.0. The van der Waals surface area contributed by atoms with Crippen LogP contribution < -0.4 is 0 Å². The number of hydrogen-bond donors (Lipinski definition) is 9. The second-order valence-electron chi connectivity index (χ2n) is 7.37. The van der Waals surface area contributed by atoms with E-state index >= 15 is 0 Å². The van der Waals surface area contributed by atoms with Gasteiger partial charge in [0.2, 0.25) is 0 Å². The molecule has 0 aromatic heterocycles. The lowest BCUT2D eigenvalue weighted by Gasteiger charge is -2.38. The smallest absolute Gasteiger partial charge is 0.312 e. The molecular weight excluding hydrogens is 504 g/mol. The van der Waals surface area contributed by atoms with Gasteiger partial charge in [0.05, 0.1) is 17.6 Å². The summed E-state index contributed by atoms with van der Waals surface area (Å²) >= 11 is 0. The van der Waals surface area contributed by atoms with Crippen LogP contribution in [-0.4, -0.2) is 114 Å². The fourth-order valence-electron chi connectivity index (χ4n) is 2.64. The first kappa shape index (κ1) is 44.2. The number of carbonyl (C=O) groups excluding carboxylic acids is 1. The van der Waals surface area contributed by atoms with Crippen molar-refractivity contribution >= 4 is 29.8 Å². The van der Waals surface area contributed by atoms with Gasteiger partial charge in [0, 0.05) is 54.1 Å². The molecule has 9 N–H and O–H groups in total. The first-order valence-electron chi connectivity index (χ1n) is 11.0. The van der Waals surface area contributed by atoms with Crippen LogP contribution in [0.2, 0.25) is 0 Å². The highest BCUT2D eigenvalue weighted by atomic mass is 16.5.